The Morgan fingerprint density at radius 3 is 2.75 bits per heavy atom. The van der Waals surface area contributed by atoms with E-state index >= 15 is 0 Å². The Morgan fingerprint density at radius 2 is 2.00 bits per heavy atom. The summed E-state index contributed by atoms with van der Waals surface area (Å²) in [6.45, 7) is 1.96. The fourth-order valence-electron chi connectivity index (χ4n) is 1.96. The van der Waals surface area contributed by atoms with Gasteiger partial charge in [-0.2, -0.15) is 0 Å². The Hall–Kier alpha value is -1.59. The minimum absolute atomic E-state index is 0.179. The first-order valence-electron chi connectivity index (χ1n) is 5.89. The largest absolute Gasteiger partial charge is 0.222 e. The number of fused-ring (bicyclic) bond motifs is 1. The van der Waals surface area contributed by atoms with Crippen LogP contribution in [0.2, 0.25) is 5.15 Å². The van der Waals surface area contributed by atoms with Crippen molar-refractivity contribution in [2.24, 2.45) is 0 Å². The number of hydrogen-bond donors (Lipinski definition) is 0. The van der Waals surface area contributed by atoms with Crippen LogP contribution >= 0.6 is 22.9 Å². The maximum atomic E-state index is 13.6. The van der Waals surface area contributed by atoms with Gasteiger partial charge in [0.2, 0.25) is 0 Å². The lowest BCUT2D eigenvalue weighted by Gasteiger charge is -2.03. The number of hydrogen-bond acceptors (Lipinski definition) is 3. The number of aryl methyl sites for hydroxylation is 1. The molecular weight excluding hydrogens is 302 g/mol. The standard InChI is InChI=1S/C14H9ClF2N2S/c1-7-4-10-13(15)18-12(19-14(10)20-7)5-8-2-3-9(16)6-11(8)17/h2-4,6H,5H2,1H3. The number of benzene rings is 1. The Morgan fingerprint density at radius 1 is 1.20 bits per heavy atom. The minimum Gasteiger partial charge on any atom is -0.222 e. The van der Waals surface area contributed by atoms with Crippen molar-refractivity contribution in [2.75, 3.05) is 0 Å². The molecule has 0 aliphatic carbocycles. The van der Waals surface area contributed by atoms with Gasteiger partial charge in [-0.15, -0.1) is 11.3 Å². The molecule has 0 fully saturated rings. The first-order chi connectivity index (χ1) is 9.52. The van der Waals surface area contributed by atoms with Gasteiger partial charge in [-0.1, -0.05) is 17.7 Å². The molecule has 0 N–H and O–H groups in total. The van der Waals surface area contributed by atoms with Crippen LogP contribution in [0.25, 0.3) is 10.2 Å². The maximum absolute atomic E-state index is 13.6. The third-order valence-corrected chi connectivity index (χ3v) is 4.11. The van der Waals surface area contributed by atoms with Crippen molar-refractivity contribution < 1.29 is 8.78 Å². The average molecular weight is 311 g/mol. The predicted octanol–water partition coefficient (Wildman–Crippen LogP) is 4.52. The van der Waals surface area contributed by atoms with Crippen molar-refractivity contribution in [2.45, 2.75) is 13.3 Å². The number of thiophene rings is 1. The highest BCUT2D eigenvalue weighted by Crippen LogP contribution is 2.28. The normalized spacial score (nSPS) is 11.2. The van der Waals surface area contributed by atoms with Crippen LogP contribution in [0, 0.1) is 18.6 Å². The van der Waals surface area contributed by atoms with E-state index in [1.54, 1.807) is 0 Å². The number of halogens is 3. The number of nitrogens with zero attached hydrogens (tertiary/aromatic N) is 2. The van der Waals surface area contributed by atoms with Crippen molar-refractivity contribution in [3.05, 3.63) is 57.3 Å². The molecule has 0 atom stereocenters. The molecule has 3 aromatic rings. The van der Waals surface area contributed by atoms with Gasteiger partial charge in [0.15, 0.2) is 0 Å². The molecule has 0 saturated heterocycles. The highest BCUT2D eigenvalue weighted by Gasteiger charge is 2.11. The van der Waals surface area contributed by atoms with E-state index in [9.17, 15) is 8.78 Å². The fraction of sp³-hybridized carbons (Fsp3) is 0.143. The van der Waals surface area contributed by atoms with Gasteiger partial charge >= 0.3 is 0 Å². The van der Waals surface area contributed by atoms with Crippen molar-refractivity contribution in [3.8, 4) is 0 Å². The summed E-state index contributed by atoms with van der Waals surface area (Å²) in [6, 6.07) is 5.38. The van der Waals surface area contributed by atoms with Crippen LogP contribution < -0.4 is 0 Å². The van der Waals surface area contributed by atoms with E-state index in [1.807, 2.05) is 13.0 Å². The summed E-state index contributed by atoms with van der Waals surface area (Å²) in [4.78, 5) is 10.4. The first kappa shape index (κ1) is 13.4. The predicted molar refractivity (Wildman–Crippen MR) is 76.3 cm³/mol. The fourth-order valence-corrected chi connectivity index (χ4v) is 3.16. The van der Waals surface area contributed by atoms with Crippen LogP contribution in [0.3, 0.4) is 0 Å². The molecule has 20 heavy (non-hydrogen) atoms. The van der Waals surface area contributed by atoms with Crippen LogP contribution in [0.15, 0.2) is 24.3 Å². The van der Waals surface area contributed by atoms with E-state index in [0.29, 0.717) is 16.5 Å². The summed E-state index contributed by atoms with van der Waals surface area (Å²) >= 11 is 7.62. The summed E-state index contributed by atoms with van der Waals surface area (Å²) < 4.78 is 26.5. The lowest BCUT2D eigenvalue weighted by molar-refractivity contribution is 0.573. The second-order valence-electron chi connectivity index (χ2n) is 4.42. The van der Waals surface area contributed by atoms with Crippen LogP contribution in [-0.4, -0.2) is 9.97 Å². The molecule has 0 aliphatic heterocycles. The van der Waals surface area contributed by atoms with Gasteiger partial charge in [0.05, 0.1) is 0 Å². The topological polar surface area (TPSA) is 25.8 Å². The van der Waals surface area contributed by atoms with Gasteiger partial charge in [0.1, 0.15) is 27.4 Å². The molecule has 0 bridgehead atoms. The zero-order valence-corrected chi connectivity index (χ0v) is 12.0. The summed E-state index contributed by atoms with van der Waals surface area (Å²) in [5.41, 5.74) is 0.343. The van der Waals surface area contributed by atoms with Crippen LogP contribution in [0.1, 0.15) is 16.3 Å². The van der Waals surface area contributed by atoms with Gasteiger partial charge in [-0.05, 0) is 24.6 Å². The first-order valence-corrected chi connectivity index (χ1v) is 7.09. The molecule has 102 valence electrons. The Bertz CT molecular complexity index is 801. The van der Waals surface area contributed by atoms with Crippen molar-refractivity contribution in [3.63, 3.8) is 0 Å². The second kappa shape index (κ2) is 5.07. The summed E-state index contributed by atoms with van der Waals surface area (Å²) in [6.07, 6.45) is 0.179. The minimum atomic E-state index is -0.604. The molecule has 3 rings (SSSR count). The second-order valence-corrected chi connectivity index (χ2v) is 6.01. The average Bonchev–Trinajstić information content (AvgIpc) is 2.74. The smallest absolute Gasteiger partial charge is 0.141 e. The molecule has 2 aromatic heterocycles. The van der Waals surface area contributed by atoms with Gasteiger partial charge in [-0.3, -0.25) is 0 Å². The van der Waals surface area contributed by atoms with E-state index in [4.69, 9.17) is 11.6 Å². The molecule has 1 aromatic carbocycles. The highest BCUT2D eigenvalue weighted by atomic mass is 35.5. The zero-order chi connectivity index (χ0) is 14.3. The van der Waals surface area contributed by atoms with E-state index in [0.717, 1.165) is 21.2 Å². The van der Waals surface area contributed by atoms with E-state index in [1.165, 1.54) is 23.5 Å². The Balaban J connectivity index is 2.02. The molecule has 0 radical (unpaired) electrons. The third-order valence-electron chi connectivity index (χ3n) is 2.88. The molecule has 0 amide bonds. The van der Waals surface area contributed by atoms with Crippen molar-refractivity contribution in [1.29, 1.82) is 0 Å². The molecule has 0 spiro atoms. The van der Waals surface area contributed by atoms with Crippen LogP contribution in [-0.2, 0) is 6.42 Å². The number of aromatic nitrogens is 2. The molecular formula is C14H9ClF2N2S. The SMILES string of the molecule is Cc1cc2c(Cl)nc(Cc3ccc(F)cc3F)nc2s1. The van der Waals surface area contributed by atoms with Crippen LogP contribution in [0.4, 0.5) is 8.78 Å². The molecule has 2 nitrogen and oxygen atoms in total. The zero-order valence-electron chi connectivity index (χ0n) is 10.5. The lowest BCUT2D eigenvalue weighted by atomic mass is 10.1. The van der Waals surface area contributed by atoms with Gasteiger partial charge in [0.25, 0.3) is 0 Å². The van der Waals surface area contributed by atoms with Crippen LogP contribution in [0.5, 0.6) is 0 Å². The maximum Gasteiger partial charge on any atom is 0.141 e. The highest BCUT2D eigenvalue weighted by molar-refractivity contribution is 7.18. The Kier molecular flexibility index (Phi) is 3.40. The molecule has 0 aliphatic rings. The number of rotatable bonds is 2. The lowest BCUT2D eigenvalue weighted by Crippen LogP contribution is -1.99. The van der Waals surface area contributed by atoms with Gasteiger partial charge in [0, 0.05) is 22.8 Å². The summed E-state index contributed by atoms with van der Waals surface area (Å²) in [5, 5.41) is 1.16. The monoisotopic (exact) mass is 310 g/mol. The third kappa shape index (κ3) is 2.51. The van der Waals surface area contributed by atoms with E-state index < -0.39 is 11.6 Å². The molecule has 0 saturated carbocycles. The Labute approximate surface area is 123 Å². The van der Waals surface area contributed by atoms with Crippen molar-refractivity contribution >= 4 is 33.2 Å². The van der Waals surface area contributed by atoms with E-state index in [-0.39, 0.29) is 6.42 Å². The molecule has 0 unspecified atom stereocenters. The summed E-state index contributed by atoms with van der Waals surface area (Å²) in [7, 11) is 0. The molecule has 2 heterocycles. The van der Waals surface area contributed by atoms with E-state index in [2.05, 4.69) is 9.97 Å². The van der Waals surface area contributed by atoms with Gasteiger partial charge in [-0.25, -0.2) is 18.7 Å². The van der Waals surface area contributed by atoms with Gasteiger partial charge < -0.3 is 0 Å². The molecule has 6 heteroatoms. The quantitative estimate of drug-likeness (QED) is 0.650. The van der Waals surface area contributed by atoms with Crippen molar-refractivity contribution in [1.82, 2.24) is 9.97 Å². The summed E-state index contributed by atoms with van der Waals surface area (Å²) in [5.74, 6) is -0.781.